The average molecular weight is 456 g/mol. The Bertz CT molecular complexity index is 1120. The van der Waals surface area contributed by atoms with E-state index >= 15 is 4.39 Å². The molecule has 5 atom stereocenters. The summed E-state index contributed by atoms with van der Waals surface area (Å²) in [6, 6.07) is 15.5. The van der Waals surface area contributed by atoms with Gasteiger partial charge in [0.25, 0.3) is 0 Å². The lowest BCUT2D eigenvalue weighted by Gasteiger charge is -2.40. The number of aliphatic hydroxyl groups is 4. The second-order valence-corrected chi connectivity index (χ2v) is 8.06. The fraction of sp³-hybridized carbons (Fsp3) is 0.320. The second-order valence-electron chi connectivity index (χ2n) is 8.06. The van der Waals surface area contributed by atoms with Crippen molar-refractivity contribution in [1.29, 1.82) is 0 Å². The molecule has 1 aliphatic heterocycles. The number of carbonyl (C=O) groups is 1. The summed E-state index contributed by atoms with van der Waals surface area (Å²) in [5.74, 6) is -1.20. The summed E-state index contributed by atoms with van der Waals surface area (Å²) in [6.45, 7) is -0.608. The molecule has 0 bridgehead atoms. The number of rotatable bonds is 5. The predicted molar refractivity (Wildman–Crippen MR) is 116 cm³/mol. The van der Waals surface area contributed by atoms with Gasteiger partial charge in [0.1, 0.15) is 36.3 Å². The van der Waals surface area contributed by atoms with E-state index in [9.17, 15) is 25.2 Å². The van der Waals surface area contributed by atoms with E-state index in [1.54, 1.807) is 24.3 Å². The molecule has 4 N–H and O–H groups in total. The number of benzene rings is 1. The first-order valence-corrected chi connectivity index (χ1v) is 10.5. The van der Waals surface area contributed by atoms with E-state index in [1.807, 2.05) is 24.3 Å². The summed E-state index contributed by atoms with van der Waals surface area (Å²) < 4.78 is 26.1. The molecule has 0 spiro atoms. The first-order chi connectivity index (χ1) is 15.9. The standard InChI is InChI=1S/C25H25FO7/c1-32-25(31)19-15(10-13-6-3-2-4-8-16(13)19)11-14-7-5-9-17(20(14)26)24-23(30)22(29)21(28)18(12-27)33-24/h2-10,18,21-24,27-30H,11-12H2,1H3/t18-,21-,22+,23+,24+/m1/s1. The first kappa shape index (κ1) is 23.3. The number of hydrogen-bond acceptors (Lipinski definition) is 7. The molecule has 174 valence electrons. The molecule has 0 amide bonds. The Hall–Kier alpha value is -2.88. The van der Waals surface area contributed by atoms with Crippen LogP contribution in [0.4, 0.5) is 4.39 Å². The highest BCUT2D eigenvalue weighted by Crippen LogP contribution is 2.37. The van der Waals surface area contributed by atoms with Crippen LogP contribution in [0.3, 0.4) is 0 Å². The molecule has 7 nitrogen and oxygen atoms in total. The molecular formula is C25H25FO7. The number of aliphatic hydroxyl groups excluding tert-OH is 4. The zero-order valence-corrected chi connectivity index (χ0v) is 17.9. The van der Waals surface area contributed by atoms with Crippen molar-refractivity contribution in [3.8, 4) is 11.1 Å². The molecule has 8 heteroatoms. The van der Waals surface area contributed by atoms with Crippen LogP contribution in [0.25, 0.3) is 11.1 Å². The maximum atomic E-state index is 15.6. The third kappa shape index (κ3) is 4.23. The van der Waals surface area contributed by atoms with Crippen LogP contribution in [-0.4, -0.2) is 64.5 Å². The van der Waals surface area contributed by atoms with Gasteiger partial charge in [0.2, 0.25) is 0 Å². The third-order valence-corrected chi connectivity index (χ3v) is 6.07. The van der Waals surface area contributed by atoms with Crippen LogP contribution in [0.2, 0.25) is 0 Å². The number of hydrogen-bond donors (Lipinski definition) is 4. The van der Waals surface area contributed by atoms with Gasteiger partial charge in [-0.2, -0.15) is 0 Å². The van der Waals surface area contributed by atoms with Crippen LogP contribution in [-0.2, 0) is 15.9 Å². The summed E-state index contributed by atoms with van der Waals surface area (Å²) >= 11 is 0. The first-order valence-electron chi connectivity index (χ1n) is 10.5. The SMILES string of the molecule is COC(=O)c1c(Cc2cccc([C@@H]3O[C@H](CO)[C@@H](O)[C@H](O)[C@@H]3O)c2F)cc2cccccc1-2. The molecule has 2 aliphatic carbocycles. The van der Waals surface area contributed by atoms with Crippen molar-refractivity contribution in [3.05, 3.63) is 82.7 Å². The van der Waals surface area contributed by atoms with Crippen molar-refractivity contribution in [2.75, 3.05) is 13.7 Å². The Morgan fingerprint density at radius 2 is 1.76 bits per heavy atom. The molecular weight excluding hydrogens is 431 g/mol. The largest absolute Gasteiger partial charge is 0.465 e. The third-order valence-electron chi connectivity index (χ3n) is 6.07. The van der Waals surface area contributed by atoms with E-state index in [0.29, 0.717) is 16.7 Å². The Labute approximate surface area is 190 Å². The van der Waals surface area contributed by atoms with Crippen LogP contribution in [0.5, 0.6) is 0 Å². The normalized spacial score (nSPS) is 25.2. The van der Waals surface area contributed by atoms with Crippen LogP contribution in [0.15, 0.2) is 54.6 Å². The maximum absolute atomic E-state index is 15.6. The van der Waals surface area contributed by atoms with Crippen molar-refractivity contribution in [2.45, 2.75) is 36.9 Å². The summed E-state index contributed by atoms with van der Waals surface area (Å²) in [5.41, 5.74) is 2.64. The molecule has 1 aromatic carbocycles. The van der Waals surface area contributed by atoms with Crippen LogP contribution in [0.1, 0.15) is 33.2 Å². The van der Waals surface area contributed by atoms with Crippen molar-refractivity contribution < 1.29 is 39.1 Å². The summed E-state index contributed by atoms with van der Waals surface area (Å²) in [7, 11) is 1.29. The topological polar surface area (TPSA) is 116 Å². The quantitative estimate of drug-likeness (QED) is 0.433. The molecule has 33 heavy (non-hydrogen) atoms. The molecule has 0 saturated carbocycles. The Kier molecular flexibility index (Phi) is 6.73. The van der Waals surface area contributed by atoms with E-state index in [4.69, 9.17) is 9.47 Å². The van der Waals surface area contributed by atoms with E-state index in [2.05, 4.69) is 0 Å². The van der Waals surface area contributed by atoms with Gasteiger partial charge < -0.3 is 29.9 Å². The van der Waals surface area contributed by atoms with Gasteiger partial charge in [-0.25, -0.2) is 9.18 Å². The Balaban J connectivity index is 1.73. The van der Waals surface area contributed by atoms with Gasteiger partial charge in [-0.15, -0.1) is 0 Å². The van der Waals surface area contributed by atoms with Crippen LogP contribution < -0.4 is 0 Å². The minimum absolute atomic E-state index is 0.0217. The van der Waals surface area contributed by atoms with Crippen molar-refractivity contribution in [3.63, 3.8) is 0 Å². The predicted octanol–water partition coefficient (Wildman–Crippen LogP) is 1.82. The smallest absolute Gasteiger partial charge is 0.338 e. The zero-order valence-electron chi connectivity index (χ0n) is 17.9. The molecule has 1 fully saturated rings. The monoisotopic (exact) mass is 456 g/mol. The van der Waals surface area contributed by atoms with Gasteiger partial charge in [-0.1, -0.05) is 48.5 Å². The van der Waals surface area contributed by atoms with Crippen molar-refractivity contribution >= 4 is 5.97 Å². The van der Waals surface area contributed by atoms with Crippen molar-refractivity contribution in [2.24, 2.45) is 0 Å². The fourth-order valence-corrected chi connectivity index (χ4v) is 4.35. The molecule has 1 saturated heterocycles. The van der Waals surface area contributed by atoms with E-state index < -0.39 is 48.9 Å². The number of fused-ring (bicyclic) bond motifs is 1. The second kappa shape index (κ2) is 9.54. The van der Waals surface area contributed by atoms with Gasteiger partial charge in [0.05, 0.1) is 19.3 Å². The highest BCUT2D eigenvalue weighted by molar-refractivity contribution is 6.01. The highest BCUT2D eigenvalue weighted by Gasteiger charge is 2.44. The van der Waals surface area contributed by atoms with Gasteiger partial charge in [-0.3, -0.25) is 0 Å². The Morgan fingerprint density at radius 3 is 2.48 bits per heavy atom. The number of carbonyl (C=O) groups excluding carboxylic acids is 1. The van der Waals surface area contributed by atoms with E-state index in [0.717, 1.165) is 5.56 Å². The number of esters is 1. The van der Waals surface area contributed by atoms with Crippen molar-refractivity contribution in [1.82, 2.24) is 0 Å². The summed E-state index contributed by atoms with van der Waals surface area (Å²) in [6.07, 6.45) is -7.12. The fourth-order valence-electron chi connectivity index (χ4n) is 4.35. The minimum atomic E-state index is -1.61. The number of ether oxygens (including phenoxy) is 2. The number of halogens is 1. The molecule has 4 rings (SSSR count). The molecule has 1 aromatic rings. The summed E-state index contributed by atoms with van der Waals surface area (Å²) in [5, 5.41) is 39.9. The molecule has 0 aromatic heterocycles. The van der Waals surface area contributed by atoms with Gasteiger partial charge in [0.15, 0.2) is 0 Å². The number of methoxy groups -OCH3 is 1. The highest BCUT2D eigenvalue weighted by atomic mass is 19.1. The van der Waals surface area contributed by atoms with Crippen LogP contribution in [0, 0.1) is 5.82 Å². The maximum Gasteiger partial charge on any atom is 0.338 e. The van der Waals surface area contributed by atoms with Gasteiger partial charge in [0, 0.05) is 12.0 Å². The molecule has 0 radical (unpaired) electrons. The van der Waals surface area contributed by atoms with E-state index in [-0.39, 0.29) is 17.5 Å². The van der Waals surface area contributed by atoms with E-state index in [1.165, 1.54) is 13.2 Å². The lowest BCUT2D eigenvalue weighted by molar-refractivity contribution is -0.232. The van der Waals surface area contributed by atoms with Crippen LogP contribution >= 0.6 is 0 Å². The molecule has 1 heterocycles. The molecule has 3 aliphatic rings. The van der Waals surface area contributed by atoms with Gasteiger partial charge >= 0.3 is 5.97 Å². The minimum Gasteiger partial charge on any atom is -0.465 e. The Morgan fingerprint density at radius 1 is 1.00 bits per heavy atom. The zero-order chi connectivity index (χ0) is 23.7. The van der Waals surface area contributed by atoms with Gasteiger partial charge in [-0.05, 0) is 28.3 Å². The average Bonchev–Trinajstić information content (AvgIpc) is 2.99. The lowest BCUT2D eigenvalue weighted by atomic mass is 9.89. The summed E-state index contributed by atoms with van der Waals surface area (Å²) in [4.78, 5) is 12.5. The lowest BCUT2D eigenvalue weighted by Crippen LogP contribution is -2.55. The molecule has 0 unspecified atom stereocenters.